The fraction of sp³-hybridized carbons (Fsp3) is 0.600. The van der Waals surface area contributed by atoms with Gasteiger partial charge in [0.05, 0.1) is 6.61 Å². The third-order valence-corrected chi connectivity index (χ3v) is 5.00. The first-order chi connectivity index (χ1) is 13.1. The first kappa shape index (κ1) is 24.6. The van der Waals surface area contributed by atoms with Crippen molar-refractivity contribution in [3.63, 3.8) is 0 Å². The number of halogens is 1. The van der Waals surface area contributed by atoms with E-state index in [1.165, 1.54) is 0 Å². The van der Waals surface area contributed by atoms with Gasteiger partial charge in [0.25, 0.3) is 0 Å². The van der Waals surface area contributed by atoms with Gasteiger partial charge in [0.2, 0.25) is 5.91 Å². The van der Waals surface area contributed by atoms with Gasteiger partial charge in [0, 0.05) is 58.8 Å². The van der Waals surface area contributed by atoms with E-state index in [9.17, 15) is 9.90 Å². The predicted octanol–water partition coefficient (Wildman–Crippen LogP) is 1.61. The molecule has 28 heavy (non-hydrogen) atoms. The number of nitrogens with one attached hydrogen (secondary N) is 2. The highest BCUT2D eigenvalue weighted by Gasteiger charge is 2.34. The fourth-order valence-electron chi connectivity index (χ4n) is 3.23. The number of hydrogen-bond donors (Lipinski definition) is 3. The van der Waals surface area contributed by atoms with Crippen LogP contribution in [0.4, 0.5) is 0 Å². The van der Waals surface area contributed by atoms with E-state index in [-0.39, 0.29) is 41.9 Å². The summed E-state index contributed by atoms with van der Waals surface area (Å²) in [6, 6.07) is 9.95. The highest BCUT2D eigenvalue weighted by atomic mass is 127. The van der Waals surface area contributed by atoms with Crippen LogP contribution < -0.4 is 10.6 Å². The molecule has 2 rings (SSSR count). The van der Waals surface area contributed by atoms with Crippen molar-refractivity contribution in [2.45, 2.75) is 25.8 Å². The lowest BCUT2D eigenvalue weighted by atomic mass is 9.84. The summed E-state index contributed by atoms with van der Waals surface area (Å²) in [5.41, 5.74) is 1.07. The van der Waals surface area contributed by atoms with Gasteiger partial charge in [-0.15, -0.1) is 24.0 Å². The molecule has 1 aromatic rings. The third-order valence-electron chi connectivity index (χ3n) is 5.00. The van der Waals surface area contributed by atoms with Gasteiger partial charge >= 0.3 is 0 Å². The number of benzene rings is 1. The number of aliphatic hydroxyl groups excluding tert-OH is 1. The largest absolute Gasteiger partial charge is 0.396 e. The van der Waals surface area contributed by atoms with Crippen molar-refractivity contribution in [1.82, 2.24) is 15.5 Å². The van der Waals surface area contributed by atoms with Crippen LogP contribution in [-0.2, 0) is 16.1 Å². The molecule has 0 radical (unpaired) electrons. The number of amides is 1. The van der Waals surface area contributed by atoms with Crippen molar-refractivity contribution < 1.29 is 14.6 Å². The zero-order chi connectivity index (χ0) is 19.5. The van der Waals surface area contributed by atoms with E-state index in [0.29, 0.717) is 45.0 Å². The molecule has 1 heterocycles. The molecule has 1 amide bonds. The molecule has 7 nitrogen and oxygen atoms in total. The Kier molecular flexibility index (Phi) is 11.4. The van der Waals surface area contributed by atoms with Gasteiger partial charge in [-0.25, -0.2) is 0 Å². The van der Waals surface area contributed by atoms with Gasteiger partial charge in [-0.3, -0.25) is 9.79 Å². The second-order valence-corrected chi connectivity index (χ2v) is 7.11. The monoisotopic (exact) mass is 504 g/mol. The smallest absolute Gasteiger partial charge is 0.224 e. The molecule has 0 aromatic heterocycles. The molecule has 1 aliphatic rings. The number of carbonyl (C=O) groups excluding carboxylic acids is 1. The number of aliphatic hydroxyl groups is 1. The van der Waals surface area contributed by atoms with Gasteiger partial charge in [-0.1, -0.05) is 30.3 Å². The summed E-state index contributed by atoms with van der Waals surface area (Å²) in [5.74, 6) is 0.750. The Morgan fingerprint density at radius 1 is 1.32 bits per heavy atom. The Morgan fingerprint density at radius 2 is 2.07 bits per heavy atom. The number of rotatable bonds is 9. The summed E-state index contributed by atoms with van der Waals surface area (Å²) >= 11 is 0. The van der Waals surface area contributed by atoms with Crippen molar-refractivity contribution in [3.05, 3.63) is 35.9 Å². The van der Waals surface area contributed by atoms with E-state index in [1.54, 1.807) is 11.9 Å². The Morgan fingerprint density at radius 3 is 2.68 bits per heavy atom. The molecule has 0 aliphatic carbocycles. The summed E-state index contributed by atoms with van der Waals surface area (Å²) in [6.07, 6.45) is 2.04. The van der Waals surface area contributed by atoms with Crippen LogP contribution >= 0.6 is 24.0 Å². The first-order valence-corrected chi connectivity index (χ1v) is 9.49. The minimum absolute atomic E-state index is 0. The Balaban J connectivity index is 0.00000392. The van der Waals surface area contributed by atoms with Crippen molar-refractivity contribution >= 4 is 35.8 Å². The third kappa shape index (κ3) is 7.92. The van der Waals surface area contributed by atoms with E-state index in [1.807, 2.05) is 37.4 Å². The molecule has 1 fully saturated rings. The van der Waals surface area contributed by atoms with Crippen LogP contribution in [0.5, 0.6) is 0 Å². The molecule has 0 saturated carbocycles. The summed E-state index contributed by atoms with van der Waals surface area (Å²) in [7, 11) is 3.53. The summed E-state index contributed by atoms with van der Waals surface area (Å²) in [4.78, 5) is 18.3. The quantitative estimate of drug-likeness (QED) is 0.270. The normalized spacial score (nSPS) is 19.0. The zero-order valence-corrected chi connectivity index (χ0v) is 19.1. The van der Waals surface area contributed by atoms with Crippen molar-refractivity contribution in [1.29, 1.82) is 0 Å². The topological polar surface area (TPSA) is 86.2 Å². The van der Waals surface area contributed by atoms with E-state index in [4.69, 9.17) is 4.74 Å². The second kappa shape index (κ2) is 12.9. The maximum atomic E-state index is 12.3. The van der Waals surface area contributed by atoms with Gasteiger partial charge in [-0.05, 0) is 18.4 Å². The van der Waals surface area contributed by atoms with E-state index >= 15 is 0 Å². The Hall–Kier alpha value is -1.39. The van der Waals surface area contributed by atoms with Crippen LogP contribution in [0.2, 0.25) is 0 Å². The van der Waals surface area contributed by atoms with Gasteiger partial charge in [0.1, 0.15) is 0 Å². The van der Waals surface area contributed by atoms with E-state index in [2.05, 4.69) is 15.6 Å². The maximum Gasteiger partial charge on any atom is 0.224 e. The lowest BCUT2D eigenvalue weighted by molar-refractivity contribution is -0.130. The minimum atomic E-state index is -0.0436. The number of hydrogen-bond acceptors (Lipinski definition) is 4. The van der Waals surface area contributed by atoms with Crippen molar-refractivity contribution in [3.8, 4) is 0 Å². The second-order valence-electron chi connectivity index (χ2n) is 7.11. The molecule has 0 spiro atoms. The predicted molar refractivity (Wildman–Crippen MR) is 122 cm³/mol. The van der Waals surface area contributed by atoms with Crippen LogP contribution in [0.15, 0.2) is 35.3 Å². The zero-order valence-electron chi connectivity index (χ0n) is 16.8. The molecule has 1 aliphatic heterocycles. The minimum Gasteiger partial charge on any atom is -0.396 e. The molecular weight excluding hydrogens is 471 g/mol. The lowest BCUT2D eigenvalue weighted by Gasteiger charge is -2.27. The summed E-state index contributed by atoms with van der Waals surface area (Å²) in [5, 5.41) is 15.8. The Labute approximate surface area is 185 Å². The number of carbonyl (C=O) groups is 1. The van der Waals surface area contributed by atoms with Crippen molar-refractivity contribution in [2.24, 2.45) is 10.4 Å². The molecule has 3 N–H and O–H groups in total. The van der Waals surface area contributed by atoms with E-state index < -0.39 is 0 Å². The molecule has 0 bridgehead atoms. The molecular formula is C20H33IN4O3. The van der Waals surface area contributed by atoms with Crippen LogP contribution in [0.25, 0.3) is 0 Å². The lowest BCUT2D eigenvalue weighted by Crippen LogP contribution is -2.45. The molecule has 8 heteroatoms. The molecule has 1 aromatic carbocycles. The van der Waals surface area contributed by atoms with Crippen LogP contribution in [0.3, 0.4) is 0 Å². The summed E-state index contributed by atoms with van der Waals surface area (Å²) < 4.78 is 5.51. The first-order valence-electron chi connectivity index (χ1n) is 9.49. The molecule has 1 saturated heterocycles. The van der Waals surface area contributed by atoms with Crippen LogP contribution in [-0.4, -0.2) is 68.9 Å². The highest BCUT2D eigenvalue weighted by molar-refractivity contribution is 14.0. The molecule has 1 unspecified atom stereocenters. The molecule has 1 atom stereocenters. The maximum absolute atomic E-state index is 12.3. The van der Waals surface area contributed by atoms with Crippen LogP contribution in [0, 0.1) is 5.41 Å². The van der Waals surface area contributed by atoms with Crippen LogP contribution in [0.1, 0.15) is 24.8 Å². The average molecular weight is 504 g/mol. The number of nitrogens with zero attached hydrogens (tertiary/aromatic N) is 2. The summed E-state index contributed by atoms with van der Waals surface area (Å²) in [6.45, 7) is 3.35. The number of ether oxygens (including phenoxy) is 1. The Bertz CT molecular complexity index is 607. The number of aliphatic imine (C=N–C) groups is 1. The van der Waals surface area contributed by atoms with Gasteiger partial charge < -0.3 is 25.4 Å². The van der Waals surface area contributed by atoms with Gasteiger partial charge in [-0.2, -0.15) is 0 Å². The highest BCUT2D eigenvalue weighted by Crippen LogP contribution is 2.31. The van der Waals surface area contributed by atoms with Gasteiger partial charge in [0.15, 0.2) is 5.96 Å². The number of guanidine groups is 1. The SMILES string of the molecule is CN=C(NCCC(=O)N(C)Cc1ccccc1)NCC1(CCO)CCOC1.I. The van der Waals surface area contributed by atoms with E-state index in [0.717, 1.165) is 18.6 Å². The standard InChI is InChI=1S/C20H32N4O3.HI/c1-21-19(23-15-20(9-12-25)10-13-27-16-20)22-11-8-18(26)24(2)14-17-6-4-3-5-7-17;/h3-7,25H,8-16H2,1-2H3,(H2,21,22,23);1H. The fourth-order valence-corrected chi connectivity index (χ4v) is 3.23. The average Bonchev–Trinajstić information content (AvgIpc) is 3.14. The van der Waals surface area contributed by atoms with Crippen molar-refractivity contribution in [2.75, 3.05) is 47.0 Å². The molecule has 158 valence electrons.